The molecule has 5 heteroatoms. The van der Waals surface area contributed by atoms with Crippen molar-refractivity contribution in [1.82, 2.24) is 10.2 Å². The van der Waals surface area contributed by atoms with Crippen LogP contribution < -0.4 is 5.32 Å². The average Bonchev–Trinajstić information content (AvgIpc) is 2.84. The summed E-state index contributed by atoms with van der Waals surface area (Å²) in [7, 11) is 3.65. The molecule has 1 amide bonds. The van der Waals surface area contributed by atoms with Gasteiger partial charge in [0.15, 0.2) is 0 Å². The van der Waals surface area contributed by atoms with Crippen molar-refractivity contribution in [2.75, 3.05) is 27.2 Å². The summed E-state index contributed by atoms with van der Waals surface area (Å²) in [4.78, 5) is 15.5. The topological polar surface area (TPSA) is 52.6 Å². The number of carbonyl (C=O) groups is 1. The zero-order valence-electron chi connectivity index (χ0n) is 11.4. The van der Waals surface area contributed by atoms with E-state index in [0.29, 0.717) is 12.8 Å². The second kappa shape index (κ2) is 8.70. The third kappa shape index (κ3) is 6.39. The Bertz CT molecular complexity index is 460. The number of aliphatic hydroxyl groups is 1. The Labute approximate surface area is 118 Å². The van der Waals surface area contributed by atoms with Crippen LogP contribution in [0, 0.1) is 11.8 Å². The molecule has 0 aromatic carbocycles. The van der Waals surface area contributed by atoms with Crippen molar-refractivity contribution < 1.29 is 9.90 Å². The standard InChI is InChI=1S/C14H20N2O2S/c1-15-14(18)8-9-16(2)11-13-7-6-12(19-13)5-3-4-10-17/h6-7,17H,4,8-11H2,1-2H3,(H,15,18). The molecule has 4 nitrogen and oxygen atoms in total. The minimum atomic E-state index is 0.0635. The number of nitrogens with one attached hydrogen (secondary N) is 1. The molecule has 0 aliphatic rings. The van der Waals surface area contributed by atoms with Gasteiger partial charge in [-0.05, 0) is 19.2 Å². The maximum absolute atomic E-state index is 11.1. The molecule has 2 N–H and O–H groups in total. The number of thiophene rings is 1. The molecule has 0 aliphatic carbocycles. The molecule has 0 radical (unpaired) electrons. The SMILES string of the molecule is CNC(=O)CCN(C)Cc1ccc(C#CCCO)s1. The lowest BCUT2D eigenvalue weighted by molar-refractivity contribution is -0.120. The summed E-state index contributed by atoms with van der Waals surface area (Å²) in [6.45, 7) is 1.67. The van der Waals surface area contributed by atoms with Crippen molar-refractivity contribution >= 4 is 17.2 Å². The number of hydrogen-bond donors (Lipinski definition) is 2. The van der Waals surface area contributed by atoms with Gasteiger partial charge in [0.1, 0.15) is 0 Å². The van der Waals surface area contributed by atoms with E-state index >= 15 is 0 Å². The molecule has 104 valence electrons. The van der Waals surface area contributed by atoms with E-state index in [1.54, 1.807) is 18.4 Å². The number of amides is 1. The van der Waals surface area contributed by atoms with E-state index < -0.39 is 0 Å². The fraction of sp³-hybridized carbons (Fsp3) is 0.500. The molecule has 1 aromatic rings. The van der Waals surface area contributed by atoms with Crippen molar-refractivity contribution in [3.63, 3.8) is 0 Å². The van der Waals surface area contributed by atoms with E-state index in [9.17, 15) is 4.79 Å². The van der Waals surface area contributed by atoms with E-state index in [0.717, 1.165) is 18.0 Å². The minimum absolute atomic E-state index is 0.0635. The molecule has 1 aromatic heterocycles. The van der Waals surface area contributed by atoms with Crippen LogP contribution in [0.25, 0.3) is 0 Å². The van der Waals surface area contributed by atoms with Crippen LogP contribution in [0.3, 0.4) is 0 Å². The van der Waals surface area contributed by atoms with Crippen LogP contribution >= 0.6 is 11.3 Å². The zero-order valence-corrected chi connectivity index (χ0v) is 12.2. The van der Waals surface area contributed by atoms with Gasteiger partial charge in [-0.2, -0.15) is 0 Å². The average molecular weight is 280 g/mol. The molecule has 1 heterocycles. The highest BCUT2D eigenvalue weighted by Crippen LogP contribution is 2.17. The normalized spacial score (nSPS) is 10.1. The quantitative estimate of drug-likeness (QED) is 0.766. The first-order valence-electron chi connectivity index (χ1n) is 6.23. The summed E-state index contributed by atoms with van der Waals surface area (Å²) in [5.41, 5.74) is 0. The summed E-state index contributed by atoms with van der Waals surface area (Å²) in [5.74, 6) is 6.00. The van der Waals surface area contributed by atoms with Gasteiger partial charge >= 0.3 is 0 Å². The van der Waals surface area contributed by atoms with Gasteiger partial charge in [0, 0.05) is 37.9 Å². The van der Waals surface area contributed by atoms with E-state index in [-0.39, 0.29) is 12.5 Å². The molecule has 0 spiro atoms. The number of nitrogens with zero attached hydrogens (tertiary/aromatic N) is 1. The van der Waals surface area contributed by atoms with Gasteiger partial charge in [0.05, 0.1) is 11.5 Å². The summed E-state index contributed by atoms with van der Waals surface area (Å²) in [6, 6.07) is 4.06. The predicted molar refractivity (Wildman–Crippen MR) is 77.9 cm³/mol. The Morgan fingerprint density at radius 1 is 1.53 bits per heavy atom. The lowest BCUT2D eigenvalue weighted by atomic mass is 10.3. The van der Waals surface area contributed by atoms with Crippen LogP contribution in [0.15, 0.2) is 12.1 Å². The second-order valence-corrected chi connectivity index (χ2v) is 5.37. The van der Waals surface area contributed by atoms with E-state index in [1.807, 2.05) is 13.1 Å². The minimum Gasteiger partial charge on any atom is -0.395 e. The zero-order chi connectivity index (χ0) is 14.1. The third-order valence-electron chi connectivity index (χ3n) is 2.54. The highest BCUT2D eigenvalue weighted by atomic mass is 32.1. The molecular weight excluding hydrogens is 260 g/mol. The number of rotatable bonds is 6. The monoisotopic (exact) mass is 280 g/mol. The van der Waals surface area contributed by atoms with E-state index in [2.05, 4.69) is 28.1 Å². The fourth-order valence-electron chi connectivity index (χ4n) is 1.50. The van der Waals surface area contributed by atoms with E-state index in [4.69, 9.17) is 5.11 Å². The predicted octanol–water partition coefficient (Wildman–Crippen LogP) is 1.05. The first-order valence-corrected chi connectivity index (χ1v) is 7.05. The Balaban J connectivity index is 2.41. The summed E-state index contributed by atoms with van der Waals surface area (Å²) in [5, 5.41) is 11.3. The molecule has 0 bridgehead atoms. The molecule has 0 saturated heterocycles. The summed E-state index contributed by atoms with van der Waals surface area (Å²) < 4.78 is 0. The number of hydrogen-bond acceptors (Lipinski definition) is 4. The first-order chi connectivity index (χ1) is 9.15. The largest absolute Gasteiger partial charge is 0.395 e. The van der Waals surface area contributed by atoms with Gasteiger partial charge < -0.3 is 15.3 Å². The molecule has 0 aliphatic heterocycles. The van der Waals surface area contributed by atoms with Gasteiger partial charge in [-0.1, -0.05) is 11.8 Å². The van der Waals surface area contributed by atoms with Crippen LogP contribution in [-0.2, 0) is 11.3 Å². The molecule has 0 fully saturated rings. The van der Waals surface area contributed by atoms with Crippen molar-refractivity contribution in [2.24, 2.45) is 0 Å². The van der Waals surface area contributed by atoms with E-state index in [1.165, 1.54) is 4.88 Å². The molecular formula is C14H20N2O2S. The Kier molecular flexibility index (Phi) is 7.19. The molecule has 0 atom stereocenters. The third-order valence-corrected chi connectivity index (χ3v) is 3.52. The van der Waals surface area contributed by atoms with Crippen molar-refractivity contribution in [3.05, 3.63) is 21.9 Å². The highest BCUT2D eigenvalue weighted by Gasteiger charge is 2.05. The van der Waals surface area contributed by atoms with Crippen molar-refractivity contribution in [2.45, 2.75) is 19.4 Å². The van der Waals surface area contributed by atoms with Gasteiger partial charge in [-0.25, -0.2) is 0 Å². The lowest BCUT2D eigenvalue weighted by Crippen LogP contribution is -2.26. The van der Waals surface area contributed by atoms with Crippen LogP contribution in [0.5, 0.6) is 0 Å². The molecule has 1 rings (SSSR count). The van der Waals surface area contributed by atoms with Gasteiger partial charge in [0.2, 0.25) is 5.91 Å². The fourth-order valence-corrected chi connectivity index (χ4v) is 2.46. The Hall–Kier alpha value is -1.35. The first kappa shape index (κ1) is 15.7. The van der Waals surface area contributed by atoms with Crippen LogP contribution in [0.2, 0.25) is 0 Å². The smallest absolute Gasteiger partial charge is 0.221 e. The van der Waals surface area contributed by atoms with Gasteiger partial charge in [-0.15, -0.1) is 11.3 Å². The van der Waals surface area contributed by atoms with Crippen LogP contribution in [-0.4, -0.2) is 43.2 Å². The molecule has 0 unspecified atom stereocenters. The Morgan fingerprint density at radius 3 is 3.00 bits per heavy atom. The molecule has 0 saturated carbocycles. The van der Waals surface area contributed by atoms with Gasteiger partial charge in [-0.3, -0.25) is 4.79 Å². The Morgan fingerprint density at radius 2 is 2.32 bits per heavy atom. The highest BCUT2D eigenvalue weighted by molar-refractivity contribution is 7.12. The van der Waals surface area contributed by atoms with Crippen LogP contribution in [0.1, 0.15) is 22.6 Å². The van der Waals surface area contributed by atoms with Crippen molar-refractivity contribution in [3.8, 4) is 11.8 Å². The lowest BCUT2D eigenvalue weighted by Gasteiger charge is -2.14. The summed E-state index contributed by atoms with van der Waals surface area (Å²) >= 11 is 1.65. The number of carbonyl (C=O) groups excluding carboxylic acids is 1. The van der Waals surface area contributed by atoms with Crippen LogP contribution in [0.4, 0.5) is 0 Å². The number of aliphatic hydroxyl groups excluding tert-OH is 1. The maximum Gasteiger partial charge on any atom is 0.221 e. The maximum atomic E-state index is 11.1. The second-order valence-electron chi connectivity index (χ2n) is 4.20. The van der Waals surface area contributed by atoms with Gasteiger partial charge in [0.25, 0.3) is 0 Å². The van der Waals surface area contributed by atoms with Crippen molar-refractivity contribution in [1.29, 1.82) is 0 Å². The summed E-state index contributed by atoms with van der Waals surface area (Å²) in [6.07, 6.45) is 1.03. The molecule has 19 heavy (non-hydrogen) atoms.